The summed E-state index contributed by atoms with van der Waals surface area (Å²) in [5.74, 6) is 0. The number of halogens is 1. The van der Waals surface area contributed by atoms with Crippen LogP contribution in [-0.2, 0) is 0 Å². The number of aliphatic hydroxyl groups is 1. The number of hydrogen-bond donors (Lipinski definition) is 2. The molecule has 0 saturated carbocycles. The Balaban J connectivity index is 3.06. The van der Waals surface area contributed by atoms with Crippen molar-refractivity contribution in [3.05, 3.63) is 28.3 Å². The lowest BCUT2D eigenvalue weighted by molar-refractivity contribution is 0.0346. The van der Waals surface area contributed by atoms with Crippen LogP contribution in [0.25, 0.3) is 0 Å². The van der Waals surface area contributed by atoms with Crippen LogP contribution in [0.2, 0.25) is 5.02 Å². The highest BCUT2D eigenvalue weighted by Crippen LogP contribution is 2.29. The number of nitrogens with zero attached hydrogens (tertiary/aromatic N) is 1. The Bertz CT molecular complexity index is 492. The second-order valence-corrected chi connectivity index (χ2v) is 5.41. The smallest absolute Gasteiger partial charge is 0.101 e. The van der Waals surface area contributed by atoms with Crippen LogP contribution in [0, 0.1) is 18.3 Å². The maximum Gasteiger partial charge on any atom is 0.101 e. The lowest BCUT2D eigenvalue weighted by Crippen LogP contribution is -2.43. The van der Waals surface area contributed by atoms with E-state index in [4.69, 9.17) is 16.9 Å². The molecule has 3 nitrogen and oxygen atoms in total. The molecule has 0 radical (unpaired) electrons. The van der Waals surface area contributed by atoms with Gasteiger partial charge in [0.1, 0.15) is 6.07 Å². The van der Waals surface area contributed by atoms with Crippen LogP contribution in [0.1, 0.15) is 44.7 Å². The van der Waals surface area contributed by atoms with E-state index in [1.807, 2.05) is 33.8 Å². The number of benzene rings is 1. The average molecular weight is 281 g/mol. The first-order valence-electron chi connectivity index (χ1n) is 6.55. The Labute approximate surface area is 120 Å². The molecule has 0 aliphatic carbocycles. The van der Waals surface area contributed by atoms with Gasteiger partial charge in [0.05, 0.1) is 22.2 Å². The SMILES string of the molecule is CCC(Nc1ccc(C#N)c(Cl)c1C)C(C)(O)CC. The van der Waals surface area contributed by atoms with Gasteiger partial charge in [0.15, 0.2) is 0 Å². The molecule has 0 aromatic heterocycles. The summed E-state index contributed by atoms with van der Waals surface area (Å²) in [6, 6.07) is 5.55. The first kappa shape index (κ1) is 15.8. The van der Waals surface area contributed by atoms with Crippen LogP contribution in [0.4, 0.5) is 5.69 Å². The van der Waals surface area contributed by atoms with E-state index < -0.39 is 5.60 Å². The van der Waals surface area contributed by atoms with Crippen molar-refractivity contribution in [1.29, 1.82) is 5.26 Å². The first-order chi connectivity index (χ1) is 8.87. The molecule has 0 aliphatic heterocycles. The van der Waals surface area contributed by atoms with Crippen LogP contribution in [0.5, 0.6) is 0 Å². The Morgan fingerprint density at radius 1 is 1.47 bits per heavy atom. The van der Waals surface area contributed by atoms with E-state index in [-0.39, 0.29) is 6.04 Å². The van der Waals surface area contributed by atoms with Crippen molar-refractivity contribution in [2.45, 2.75) is 52.2 Å². The van der Waals surface area contributed by atoms with E-state index >= 15 is 0 Å². The lowest BCUT2D eigenvalue weighted by Gasteiger charge is -2.33. The van der Waals surface area contributed by atoms with Gasteiger partial charge in [-0.2, -0.15) is 5.26 Å². The second-order valence-electron chi connectivity index (χ2n) is 5.03. The molecule has 2 atom stereocenters. The molecule has 0 amide bonds. The largest absolute Gasteiger partial charge is 0.388 e. The minimum atomic E-state index is -0.776. The van der Waals surface area contributed by atoms with Gasteiger partial charge in [-0.1, -0.05) is 25.4 Å². The van der Waals surface area contributed by atoms with Gasteiger partial charge in [0.2, 0.25) is 0 Å². The van der Waals surface area contributed by atoms with E-state index in [0.29, 0.717) is 17.0 Å². The lowest BCUT2D eigenvalue weighted by atomic mass is 9.91. The number of anilines is 1. The Morgan fingerprint density at radius 2 is 2.11 bits per heavy atom. The van der Waals surface area contributed by atoms with E-state index in [0.717, 1.165) is 17.7 Å². The number of nitrogens with one attached hydrogen (secondary N) is 1. The minimum absolute atomic E-state index is 0.0554. The molecule has 2 unspecified atom stereocenters. The van der Waals surface area contributed by atoms with Gasteiger partial charge in [-0.05, 0) is 44.4 Å². The van der Waals surface area contributed by atoms with E-state index in [9.17, 15) is 5.11 Å². The molecule has 0 fully saturated rings. The summed E-state index contributed by atoms with van der Waals surface area (Å²) < 4.78 is 0. The second kappa shape index (κ2) is 6.27. The van der Waals surface area contributed by atoms with Crippen molar-refractivity contribution in [1.82, 2.24) is 0 Å². The molecule has 0 heterocycles. The summed E-state index contributed by atoms with van der Waals surface area (Å²) in [7, 11) is 0. The average Bonchev–Trinajstić information content (AvgIpc) is 2.40. The van der Waals surface area contributed by atoms with Gasteiger partial charge < -0.3 is 10.4 Å². The van der Waals surface area contributed by atoms with Gasteiger partial charge in [0.25, 0.3) is 0 Å². The van der Waals surface area contributed by atoms with Gasteiger partial charge in [-0.25, -0.2) is 0 Å². The molecule has 0 saturated heterocycles. The highest BCUT2D eigenvalue weighted by molar-refractivity contribution is 6.32. The summed E-state index contributed by atoms with van der Waals surface area (Å²) in [4.78, 5) is 0. The van der Waals surface area contributed by atoms with Gasteiger partial charge >= 0.3 is 0 Å². The van der Waals surface area contributed by atoms with Crippen LogP contribution >= 0.6 is 11.6 Å². The molecule has 0 spiro atoms. The number of rotatable bonds is 5. The van der Waals surface area contributed by atoms with Crippen molar-refractivity contribution in [3.63, 3.8) is 0 Å². The van der Waals surface area contributed by atoms with E-state index in [1.165, 1.54) is 0 Å². The van der Waals surface area contributed by atoms with Crippen molar-refractivity contribution in [2.75, 3.05) is 5.32 Å². The zero-order valence-electron chi connectivity index (χ0n) is 11.9. The molecule has 0 bridgehead atoms. The van der Waals surface area contributed by atoms with Gasteiger partial charge in [-0.3, -0.25) is 0 Å². The molecule has 0 aliphatic rings. The minimum Gasteiger partial charge on any atom is -0.388 e. The maximum absolute atomic E-state index is 10.4. The molecule has 4 heteroatoms. The quantitative estimate of drug-likeness (QED) is 0.861. The highest BCUT2D eigenvalue weighted by Gasteiger charge is 2.29. The zero-order valence-corrected chi connectivity index (χ0v) is 12.7. The summed E-state index contributed by atoms with van der Waals surface area (Å²) in [6.07, 6.45) is 1.47. The topological polar surface area (TPSA) is 56.0 Å². The van der Waals surface area contributed by atoms with Crippen LogP contribution in [0.3, 0.4) is 0 Å². The molecular formula is C15H21ClN2O. The molecule has 19 heavy (non-hydrogen) atoms. The molecular weight excluding hydrogens is 260 g/mol. The summed E-state index contributed by atoms with van der Waals surface area (Å²) in [5.41, 5.74) is 1.40. The normalized spacial score (nSPS) is 15.4. The molecule has 1 aromatic rings. The van der Waals surface area contributed by atoms with Crippen molar-refractivity contribution in [2.24, 2.45) is 0 Å². The molecule has 2 N–H and O–H groups in total. The Hall–Kier alpha value is -1.24. The Kier molecular flexibility index (Phi) is 5.22. The summed E-state index contributed by atoms with van der Waals surface area (Å²) in [5, 5.41) is 23.1. The van der Waals surface area contributed by atoms with Crippen molar-refractivity contribution >= 4 is 17.3 Å². The number of nitriles is 1. The molecule has 1 aromatic carbocycles. The van der Waals surface area contributed by atoms with E-state index in [2.05, 4.69) is 11.4 Å². The standard InChI is InChI=1S/C15H21ClN2O/c1-5-13(15(4,19)6-2)18-12-8-7-11(9-17)14(16)10(12)3/h7-8,13,18-19H,5-6H2,1-4H3. The third-order valence-corrected chi connectivity index (χ3v) is 4.20. The first-order valence-corrected chi connectivity index (χ1v) is 6.93. The summed E-state index contributed by atoms with van der Waals surface area (Å²) in [6.45, 7) is 7.69. The van der Waals surface area contributed by atoms with Gasteiger partial charge in [0, 0.05) is 5.69 Å². The highest BCUT2D eigenvalue weighted by atomic mass is 35.5. The third-order valence-electron chi connectivity index (χ3n) is 3.71. The fourth-order valence-electron chi connectivity index (χ4n) is 2.06. The zero-order chi connectivity index (χ0) is 14.6. The van der Waals surface area contributed by atoms with Crippen molar-refractivity contribution < 1.29 is 5.11 Å². The molecule has 1 rings (SSSR count). The van der Waals surface area contributed by atoms with Crippen LogP contribution in [-0.4, -0.2) is 16.7 Å². The Morgan fingerprint density at radius 3 is 2.58 bits per heavy atom. The third kappa shape index (κ3) is 3.40. The van der Waals surface area contributed by atoms with Gasteiger partial charge in [-0.15, -0.1) is 0 Å². The number of hydrogen-bond acceptors (Lipinski definition) is 3. The monoisotopic (exact) mass is 280 g/mol. The summed E-state index contributed by atoms with van der Waals surface area (Å²) >= 11 is 6.15. The van der Waals surface area contributed by atoms with E-state index in [1.54, 1.807) is 6.07 Å². The maximum atomic E-state index is 10.4. The predicted octanol–water partition coefficient (Wildman–Crippen LogP) is 3.87. The van der Waals surface area contributed by atoms with Crippen LogP contribution < -0.4 is 5.32 Å². The fraction of sp³-hybridized carbons (Fsp3) is 0.533. The van der Waals surface area contributed by atoms with Crippen molar-refractivity contribution in [3.8, 4) is 6.07 Å². The predicted molar refractivity (Wildman–Crippen MR) is 79.5 cm³/mol. The van der Waals surface area contributed by atoms with Crippen LogP contribution in [0.15, 0.2) is 12.1 Å². The fourth-order valence-corrected chi connectivity index (χ4v) is 2.27. The molecule has 104 valence electrons.